The summed E-state index contributed by atoms with van der Waals surface area (Å²) in [6, 6.07) is 12.8. The van der Waals surface area contributed by atoms with Crippen molar-refractivity contribution >= 4 is 5.69 Å². The van der Waals surface area contributed by atoms with E-state index in [4.69, 9.17) is 24.7 Å². The largest absolute Gasteiger partial charge is 0.497 e. The molecule has 2 aromatic rings. The Balaban J connectivity index is 1.85. The molecule has 0 saturated heterocycles. The molecular formula is C16H19NO4. The number of para-hydroxylation sites is 2. The summed E-state index contributed by atoms with van der Waals surface area (Å²) in [6.07, 6.45) is 0. The molecule has 5 heteroatoms. The molecule has 0 aliphatic heterocycles. The molecule has 0 bridgehead atoms. The molecule has 0 aliphatic carbocycles. The van der Waals surface area contributed by atoms with Gasteiger partial charge in [-0.15, -0.1) is 0 Å². The van der Waals surface area contributed by atoms with Crippen LogP contribution in [0.5, 0.6) is 23.0 Å². The summed E-state index contributed by atoms with van der Waals surface area (Å²) >= 11 is 0. The molecule has 0 heterocycles. The average Bonchev–Trinajstić information content (AvgIpc) is 2.53. The van der Waals surface area contributed by atoms with Crippen LogP contribution in [-0.2, 0) is 0 Å². The smallest absolute Gasteiger partial charge is 0.161 e. The molecule has 0 spiro atoms. The predicted molar refractivity (Wildman–Crippen MR) is 81.4 cm³/mol. The number of hydrogen-bond donors (Lipinski definition) is 1. The first kappa shape index (κ1) is 14.8. The van der Waals surface area contributed by atoms with Crippen LogP contribution < -0.4 is 24.7 Å². The van der Waals surface area contributed by atoms with Gasteiger partial charge in [-0.2, -0.15) is 0 Å². The Bertz CT molecular complexity index is 586. The number of rotatable bonds is 7. The Labute approximate surface area is 124 Å². The number of ether oxygens (including phenoxy) is 4. The van der Waals surface area contributed by atoms with Gasteiger partial charge in [0, 0.05) is 6.07 Å². The van der Waals surface area contributed by atoms with Crippen LogP contribution in [0.4, 0.5) is 5.69 Å². The lowest BCUT2D eigenvalue weighted by Crippen LogP contribution is -2.10. The quantitative estimate of drug-likeness (QED) is 0.627. The van der Waals surface area contributed by atoms with E-state index in [0.29, 0.717) is 41.9 Å². The summed E-state index contributed by atoms with van der Waals surface area (Å²) < 4.78 is 21.5. The fourth-order valence-corrected chi connectivity index (χ4v) is 1.83. The highest BCUT2D eigenvalue weighted by Gasteiger charge is 2.04. The van der Waals surface area contributed by atoms with Crippen LogP contribution in [0.25, 0.3) is 0 Å². The summed E-state index contributed by atoms with van der Waals surface area (Å²) in [5.74, 6) is 2.69. The molecule has 0 aliphatic rings. The zero-order chi connectivity index (χ0) is 15.1. The monoisotopic (exact) mass is 289 g/mol. The van der Waals surface area contributed by atoms with Crippen molar-refractivity contribution in [2.24, 2.45) is 0 Å². The fraction of sp³-hybridized carbons (Fsp3) is 0.250. The predicted octanol–water partition coefficient (Wildman–Crippen LogP) is 2.74. The van der Waals surface area contributed by atoms with Gasteiger partial charge in [0.05, 0.1) is 19.9 Å². The minimum Gasteiger partial charge on any atom is -0.497 e. The SMILES string of the molecule is COc1ccc(OCCOc2ccccc2OC)c(N)c1. The molecule has 0 atom stereocenters. The average molecular weight is 289 g/mol. The van der Waals surface area contributed by atoms with Gasteiger partial charge in [0.1, 0.15) is 24.7 Å². The lowest BCUT2D eigenvalue weighted by molar-refractivity contribution is 0.212. The van der Waals surface area contributed by atoms with Crippen molar-refractivity contribution in [2.75, 3.05) is 33.2 Å². The van der Waals surface area contributed by atoms with Crippen molar-refractivity contribution in [2.45, 2.75) is 0 Å². The van der Waals surface area contributed by atoms with Gasteiger partial charge in [0.25, 0.3) is 0 Å². The number of hydrogen-bond acceptors (Lipinski definition) is 5. The summed E-state index contributed by atoms with van der Waals surface area (Å²) in [6.45, 7) is 0.778. The molecule has 112 valence electrons. The highest BCUT2D eigenvalue weighted by Crippen LogP contribution is 2.27. The van der Waals surface area contributed by atoms with Gasteiger partial charge in [0.15, 0.2) is 11.5 Å². The molecule has 2 N–H and O–H groups in total. The topological polar surface area (TPSA) is 62.9 Å². The zero-order valence-corrected chi connectivity index (χ0v) is 12.2. The number of benzene rings is 2. The maximum atomic E-state index is 5.87. The second-order valence-corrected chi connectivity index (χ2v) is 4.25. The van der Waals surface area contributed by atoms with Gasteiger partial charge >= 0.3 is 0 Å². The van der Waals surface area contributed by atoms with E-state index in [-0.39, 0.29) is 0 Å². The lowest BCUT2D eigenvalue weighted by atomic mass is 10.3. The summed E-state index contributed by atoms with van der Waals surface area (Å²) in [5, 5.41) is 0. The first-order valence-corrected chi connectivity index (χ1v) is 6.56. The molecule has 0 unspecified atom stereocenters. The Hall–Kier alpha value is -2.56. The molecular weight excluding hydrogens is 270 g/mol. The van der Waals surface area contributed by atoms with E-state index in [1.54, 1.807) is 32.4 Å². The van der Waals surface area contributed by atoms with E-state index in [1.165, 1.54) is 0 Å². The van der Waals surface area contributed by atoms with E-state index >= 15 is 0 Å². The maximum absolute atomic E-state index is 5.87. The van der Waals surface area contributed by atoms with Crippen LogP contribution in [0.2, 0.25) is 0 Å². The first-order chi connectivity index (χ1) is 10.2. The van der Waals surface area contributed by atoms with Crippen LogP contribution in [0.3, 0.4) is 0 Å². The van der Waals surface area contributed by atoms with Gasteiger partial charge < -0.3 is 24.7 Å². The summed E-state index contributed by atoms with van der Waals surface area (Å²) in [5.41, 5.74) is 6.40. The minimum absolute atomic E-state index is 0.384. The van der Waals surface area contributed by atoms with Crippen molar-refractivity contribution in [1.82, 2.24) is 0 Å². The Morgan fingerprint density at radius 1 is 0.810 bits per heavy atom. The van der Waals surface area contributed by atoms with Crippen molar-refractivity contribution in [1.29, 1.82) is 0 Å². The van der Waals surface area contributed by atoms with E-state index in [1.807, 2.05) is 24.3 Å². The molecule has 2 aromatic carbocycles. The Morgan fingerprint density at radius 3 is 2.10 bits per heavy atom. The third-order valence-electron chi connectivity index (χ3n) is 2.88. The van der Waals surface area contributed by atoms with Gasteiger partial charge in [-0.1, -0.05) is 12.1 Å². The van der Waals surface area contributed by atoms with Gasteiger partial charge in [0.2, 0.25) is 0 Å². The molecule has 0 radical (unpaired) electrons. The van der Waals surface area contributed by atoms with Crippen LogP contribution in [0.15, 0.2) is 42.5 Å². The van der Waals surface area contributed by atoms with E-state index < -0.39 is 0 Å². The normalized spacial score (nSPS) is 10.0. The second-order valence-electron chi connectivity index (χ2n) is 4.25. The number of methoxy groups -OCH3 is 2. The molecule has 21 heavy (non-hydrogen) atoms. The number of anilines is 1. The lowest BCUT2D eigenvalue weighted by Gasteiger charge is -2.12. The van der Waals surface area contributed by atoms with Crippen LogP contribution >= 0.6 is 0 Å². The van der Waals surface area contributed by atoms with Gasteiger partial charge in [-0.25, -0.2) is 0 Å². The van der Waals surface area contributed by atoms with Crippen molar-refractivity contribution in [3.8, 4) is 23.0 Å². The molecule has 0 saturated carbocycles. The second kappa shape index (κ2) is 7.28. The standard InChI is InChI=1S/C16H19NO4/c1-18-12-7-8-14(13(17)11-12)20-9-10-21-16-6-4-3-5-15(16)19-2/h3-8,11H,9-10,17H2,1-2H3. The van der Waals surface area contributed by atoms with Gasteiger partial charge in [-0.05, 0) is 24.3 Å². The van der Waals surface area contributed by atoms with E-state index in [0.717, 1.165) is 0 Å². The van der Waals surface area contributed by atoms with Crippen molar-refractivity contribution in [3.63, 3.8) is 0 Å². The molecule has 0 aromatic heterocycles. The Morgan fingerprint density at radius 2 is 1.48 bits per heavy atom. The molecule has 0 amide bonds. The van der Waals surface area contributed by atoms with Crippen LogP contribution in [-0.4, -0.2) is 27.4 Å². The number of nitrogen functional groups attached to an aromatic ring is 1. The minimum atomic E-state index is 0.384. The third kappa shape index (κ3) is 3.95. The zero-order valence-electron chi connectivity index (χ0n) is 12.2. The highest BCUT2D eigenvalue weighted by molar-refractivity contribution is 5.56. The highest BCUT2D eigenvalue weighted by atomic mass is 16.5. The molecule has 0 fully saturated rings. The molecule has 5 nitrogen and oxygen atoms in total. The fourth-order valence-electron chi connectivity index (χ4n) is 1.83. The van der Waals surface area contributed by atoms with Crippen molar-refractivity contribution < 1.29 is 18.9 Å². The molecule has 2 rings (SSSR count). The Kier molecular flexibility index (Phi) is 5.15. The summed E-state index contributed by atoms with van der Waals surface area (Å²) in [7, 11) is 3.20. The maximum Gasteiger partial charge on any atom is 0.161 e. The van der Waals surface area contributed by atoms with Crippen LogP contribution in [0.1, 0.15) is 0 Å². The van der Waals surface area contributed by atoms with Gasteiger partial charge in [-0.3, -0.25) is 0 Å². The first-order valence-electron chi connectivity index (χ1n) is 6.56. The third-order valence-corrected chi connectivity index (χ3v) is 2.88. The van der Waals surface area contributed by atoms with Crippen molar-refractivity contribution in [3.05, 3.63) is 42.5 Å². The number of nitrogens with two attached hydrogens (primary N) is 1. The summed E-state index contributed by atoms with van der Waals surface area (Å²) in [4.78, 5) is 0. The van der Waals surface area contributed by atoms with Crippen LogP contribution in [0, 0.1) is 0 Å². The van der Waals surface area contributed by atoms with E-state index in [2.05, 4.69) is 0 Å². The van der Waals surface area contributed by atoms with E-state index in [9.17, 15) is 0 Å².